The minimum Gasteiger partial charge on any atom is -0.380 e. The monoisotopic (exact) mass is 197 g/mol. The van der Waals surface area contributed by atoms with Crippen LogP contribution in [0.4, 0.5) is 0 Å². The van der Waals surface area contributed by atoms with Gasteiger partial charge < -0.3 is 10.5 Å². The van der Waals surface area contributed by atoms with Gasteiger partial charge in [0.15, 0.2) is 0 Å². The van der Waals surface area contributed by atoms with Crippen LogP contribution in [-0.4, -0.2) is 19.8 Å². The second-order valence-electron chi connectivity index (χ2n) is 5.05. The van der Waals surface area contributed by atoms with Gasteiger partial charge in [-0.3, -0.25) is 0 Å². The van der Waals surface area contributed by atoms with Crippen LogP contribution in [-0.2, 0) is 4.74 Å². The highest BCUT2D eigenvalue weighted by atomic mass is 16.5. The van der Waals surface area contributed by atoms with E-state index >= 15 is 0 Å². The van der Waals surface area contributed by atoms with Gasteiger partial charge in [0.25, 0.3) is 0 Å². The average Bonchev–Trinajstić information content (AvgIpc) is 2.63. The van der Waals surface area contributed by atoms with Gasteiger partial charge in [-0.1, -0.05) is 26.2 Å². The van der Waals surface area contributed by atoms with Gasteiger partial charge in [-0.2, -0.15) is 0 Å². The van der Waals surface area contributed by atoms with Gasteiger partial charge in [-0.05, 0) is 31.2 Å². The summed E-state index contributed by atoms with van der Waals surface area (Å²) in [6, 6.07) is 0. The molecule has 0 aromatic rings. The van der Waals surface area contributed by atoms with Crippen molar-refractivity contribution >= 4 is 0 Å². The van der Waals surface area contributed by atoms with Crippen LogP contribution in [0.1, 0.15) is 39.0 Å². The molecule has 0 bridgehead atoms. The molecule has 0 amide bonds. The molecule has 14 heavy (non-hydrogen) atoms. The van der Waals surface area contributed by atoms with Gasteiger partial charge in [-0.15, -0.1) is 0 Å². The Labute approximate surface area is 87.2 Å². The molecule has 1 atom stereocenters. The summed E-state index contributed by atoms with van der Waals surface area (Å²) in [6.07, 6.45) is 6.90. The Balaban J connectivity index is 2.07. The lowest BCUT2D eigenvalue weighted by atomic mass is 9.63. The summed E-state index contributed by atoms with van der Waals surface area (Å²) in [5, 5.41) is 0. The van der Waals surface area contributed by atoms with E-state index in [1.54, 1.807) is 0 Å². The van der Waals surface area contributed by atoms with Gasteiger partial charge in [0.1, 0.15) is 0 Å². The first kappa shape index (κ1) is 10.4. The average molecular weight is 197 g/mol. The zero-order valence-electron chi connectivity index (χ0n) is 9.30. The molecule has 2 N–H and O–H groups in total. The fourth-order valence-electron chi connectivity index (χ4n) is 3.45. The number of hydrogen-bond donors (Lipinski definition) is 1. The Morgan fingerprint density at radius 1 is 1.36 bits per heavy atom. The van der Waals surface area contributed by atoms with Crippen LogP contribution >= 0.6 is 0 Å². The second kappa shape index (κ2) is 4.19. The van der Waals surface area contributed by atoms with Gasteiger partial charge in [0.2, 0.25) is 0 Å². The van der Waals surface area contributed by atoms with E-state index in [-0.39, 0.29) is 0 Å². The maximum absolute atomic E-state index is 5.89. The smallest absolute Gasteiger partial charge is 0.0550 e. The first-order chi connectivity index (χ1) is 6.83. The van der Waals surface area contributed by atoms with E-state index in [0.29, 0.717) is 11.3 Å². The zero-order chi connectivity index (χ0) is 10.0. The molecule has 2 nitrogen and oxygen atoms in total. The third kappa shape index (κ3) is 1.49. The Hall–Kier alpha value is -0.0800. The van der Waals surface area contributed by atoms with E-state index in [0.717, 1.165) is 25.7 Å². The third-order valence-electron chi connectivity index (χ3n) is 4.50. The Morgan fingerprint density at radius 2 is 2.00 bits per heavy atom. The first-order valence-electron chi connectivity index (χ1n) is 6.11. The van der Waals surface area contributed by atoms with Gasteiger partial charge in [0.05, 0.1) is 13.2 Å². The van der Waals surface area contributed by atoms with E-state index in [1.165, 1.54) is 32.1 Å². The molecular formula is C12H23NO. The molecule has 1 unspecified atom stereocenters. The highest BCUT2D eigenvalue weighted by Gasteiger charge is 2.50. The van der Waals surface area contributed by atoms with Gasteiger partial charge >= 0.3 is 0 Å². The quantitative estimate of drug-likeness (QED) is 0.749. The maximum Gasteiger partial charge on any atom is 0.0550 e. The van der Waals surface area contributed by atoms with Crippen molar-refractivity contribution in [3.05, 3.63) is 0 Å². The predicted octanol–water partition coefficient (Wildman–Crippen LogP) is 2.18. The molecule has 2 aliphatic rings. The van der Waals surface area contributed by atoms with Crippen molar-refractivity contribution in [1.29, 1.82) is 0 Å². The summed E-state index contributed by atoms with van der Waals surface area (Å²) in [5.74, 6) is 1.60. The lowest BCUT2D eigenvalue weighted by Gasteiger charge is -2.51. The largest absolute Gasteiger partial charge is 0.380 e. The van der Waals surface area contributed by atoms with E-state index in [1.807, 2.05) is 0 Å². The van der Waals surface area contributed by atoms with Crippen molar-refractivity contribution in [3.8, 4) is 0 Å². The van der Waals surface area contributed by atoms with Crippen molar-refractivity contribution in [2.75, 3.05) is 19.8 Å². The molecule has 2 heteroatoms. The Kier molecular flexibility index (Phi) is 3.13. The van der Waals surface area contributed by atoms with E-state index in [4.69, 9.17) is 10.5 Å². The van der Waals surface area contributed by atoms with Crippen LogP contribution in [0.2, 0.25) is 0 Å². The molecule has 1 saturated heterocycles. The molecule has 0 aromatic carbocycles. The van der Waals surface area contributed by atoms with Crippen LogP contribution < -0.4 is 5.73 Å². The summed E-state index contributed by atoms with van der Waals surface area (Å²) in [5.41, 5.74) is 6.36. The number of rotatable bonds is 4. The van der Waals surface area contributed by atoms with Crippen molar-refractivity contribution in [2.24, 2.45) is 23.0 Å². The minimum atomic E-state index is 0.472. The molecule has 0 radical (unpaired) electrons. The normalized spacial score (nSPS) is 28.7. The van der Waals surface area contributed by atoms with Gasteiger partial charge in [-0.25, -0.2) is 0 Å². The molecule has 1 aliphatic heterocycles. The summed E-state index contributed by atoms with van der Waals surface area (Å²) in [4.78, 5) is 0. The molecular weight excluding hydrogens is 174 g/mol. The predicted molar refractivity (Wildman–Crippen MR) is 58.0 cm³/mol. The number of nitrogens with two attached hydrogens (primary N) is 1. The third-order valence-corrected chi connectivity index (χ3v) is 4.50. The van der Waals surface area contributed by atoms with Crippen molar-refractivity contribution in [2.45, 2.75) is 39.0 Å². The van der Waals surface area contributed by atoms with Crippen molar-refractivity contribution in [1.82, 2.24) is 0 Å². The molecule has 82 valence electrons. The fraction of sp³-hybridized carbons (Fsp3) is 1.00. The Bertz CT molecular complexity index is 175. The molecule has 2 rings (SSSR count). The summed E-state index contributed by atoms with van der Waals surface area (Å²) < 4.78 is 5.48. The second-order valence-corrected chi connectivity index (χ2v) is 5.05. The minimum absolute atomic E-state index is 0.472. The number of ether oxygens (including phenoxy) is 1. The highest BCUT2D eigenvalue weighted by Crippen LogP contribution is 2.50. The standard InChI is InChI=1S/C12H23NO/c1-2-10(7-13)12(8-14-9-12)11-5-3-4-6-11/h10-11H,2-9,13H2,1H3. The Morgan fingerprint density at radius 3 is 2.36 bits per heavy atom. The van der Waals surface area contributed by atoms with Crippen LogP contribution in [0.25, 0.3) is 0 Å². The SMILES string of the molecule is CCC(CN)C1(C2CCCC2)COC1. The van der Waals surface area contributed by atoms with Gasteiger partial charge in [0, 0.05) is 5.41 Å². The van der Waals surface area contributed by atoms with E-state index in [9.17, 15) is 0 Å². The van der Waals surface area contributed by atoms with Crippen molar-refractivity contribution in [3.63, 3.8) is 0 Å². The topological polar surface area (TPSA) is 35.2 Å². The lowest BCUT2D eigenvalue weighted by molar-refractivity contribution is -0.176. The molecule has 1 aliphatic carbocycles. The van der Waals surface area contributed by atoms with Crippen LogP contribution in [0.5, 0.6) is 0 Å². The van der Waals surface area contributed by atoms with Crippen LogP contribution in [0, 0.1) is 17.3 Å². The summed E-state index contributed by atoms with van der Waals surface area (Å²) in [7, 11) is 0. The van der Waals surface area contributed by atoms with Crippen molar-refractivity contribution < 1.29 is 4.74 Å². The molecule has 1 saturated carbocycles. The lowest BCUT2D eigenvalue weighted by Crippen LogP contribution is -2.54. The summed E-state index contributed by atoms with van der Waals surface area (Å²) >= 11 is 0. The van der Waals surface area contributed by atoms with Crippen LogP contribution in [0.15, 0.2) is 0 Å². The molecule has 0 aromatic heterocycles. The molecule has 1 heterocycles. The highest BCUT2D eigenvalue weighted by molar-refractivity contribution is 4.98. The maximum atomic E-state index is 5.89. The fourth-order valence-corrected chi connectivity index (χ4v) is 3.45. The molecule has 0 spiro atoms. The summed E-state index contributed by atoms with van der Waals surface area (Å²) in [6.45, 7) is 5.07. The first-order valence-corrected chi connectivity index (χ1v) is 6.11. The zero-order valence-corrected chi connectivity index (χ0v) is 9.30. The number of hydrogen-bond acceptors (Lipinski definition) is 2. The molecule has 2 fully saturated rings. The van der Waals surface area contributed by atoms with E-state index < -0.39 is 0 Å². The van der Waals surface area contributed by atoms with E-state index in [2.05, 4.69) is 6.92 Å². The van der Waals surface area contributed by atoms with Crippen LogP contribution in [0.3, 0.4) is 0 Å².